The van der Waals surface area contributed by atoms with Gasteiger partial charge in [0.15, 0.2) is 23.1 Å². The summed E-state index contributed by atoms with van der Waals surface area (Å²) in [6, 6.07) is 0. The molecule has 3 heterocycles. The highest BCUT2D eigenvalue weighted by Gasteiger charge is 2.68. The van der Waals surface area contributed by atoms with E-state index in [9.17, 15) is 14.7 Å². The minimum atomic E-state index is -1.00. The highest BCUT2D eigenvalue weighted by Crippen LogP contribution is 2.51. The van der Waals surface area contributed by atoms with Gasteiger partial charge < -0.3 is 28.8 Å². The van der Waals surface area contributed by atoms with Gasteiger partial charge in [-0.3, -0.25) is 9.59 Å². The fourth-order valence-corrected chi connectivity index (χ4v) is 5.31. The first-order chi connectivity index (χ1) is 12.1. The van der Waals surface area contributed by atoms with Gasteiger partial charge in [0.05, 0.1) is 18.1 Å². The van der Waals surface area contributed by atoms with Crippen molar-refractivity contribution in [2.24, 2.45) is 11.8 Å². The molecule has 0 aromatic heterocycles. The Hall–Kier alpha value is -0.900. The summed E-state index contributed by atoms with van der Waals surface area (Å²) < 4.78 is 29.3. The molecule has 0 unspecified atom stereocenters. The predicted octanol–water partition coefficient (Wildman–Crippen LogP) is -0.0572. The average molecular weight is 368 g/mol. The van der Waals surface area contributed by atoms with Crippen LogP contribution < -0.4 is 0 Å². The molecule has 0 spiro atoms. The summed E-state index contributed by atoms with van der Waals surface area (Å²) in [6.07, 6.45) is -4.89. The van der Waals surface area contributed by atoms with E-state index >= 15 is 0 Å². The molecule has 8 heteroatoms. The zero-order valence-corrected chi connectivity index (χ0v) is 15.2. The predicted molar refractivity (Wildman–Crippen MR) is 83.9 cm³/mol. The highest BCUT2D eigenvalue weighted by molar-refractivity contribution is 5.91. The van der Waals surface area contributed by atoms with Crippen molar-refractivity contribution in [2.75, 3.05) is 0 Å². The largest absolute Gasteiger partial charge is 0.388 e. The van der Waals surface area contributed by atoms with Crippen LogP contribution in [0.5, 0.6) is 0 Å². The quantitative estimate of drug-likeness (QED) is 0.635. The molecule has 8 nitrogen and oxygen atoms in total. The second-order valence-electron chi connectivity index (χ2n) is 8.86. The number of fused-ring (bicyclic) bond motifs is 6. The maximum Gasteiger partial charge on any atom is 0.170 e. The molecular weight excluding hydrogens is 344 g/mol. The molecular formula is C18H24O8. The van der Waals surface area contributed by atoms with Crippen molar-refractivity contribution in [3.05, 3.63) is 0 Å². The Morgan fingerprint density at radius 2 is 1.46 bits per heavy atom. The lowest BCUT2D eigenvalue weighted by atomic mass is 9.69. The van der Waals surface area contributed by atoms with E-state index in [1.54, 1.807) is 27.7 Å². The Kier molecular flexibility index (Phi) is 3.39. The maximum atomic E-state index is 13.1. The molecule has 0 radical (unpaired) electrons. The molecule has 5 rings (SSSR count). The minimum absolute atomic E-state index is 0.0839. The van der Waals surface area contributed by atoms with Crippen LogP contribution in [0.3, 0.4) is 0 Å². The van der Waals surface area contributed by atoms with Crippen molar-refractivity contribution in [2.45, 2.75) is 88.4 Å². The van der Waals surface area contributed by atoms with Gasteiger partial charge in [-0.2, -0.15) is 0 Å². The Bertz CT molecular complexity index is 672. The van der Waals surface area contributed by atoms with Crippen LogP contribution in [-0.4, -0.2) is 71.0 Å². The molecule has 144 valence electrons. The minimum Gasteiger partial charge on any atom is -0.388 e. The number of hydrogen-bond donors (Lipinski definition) is 1. The molecule has 3 aliphatic heterocycles. The Labute approximate surface area is 151 Å². The summed E-state index contributed by atoms with van der Waals surface area (Å²) >= 11 is 0. The van der Waals surface area contributed by atoms with E-state index in [4.69, 9.17) is 23.7 Å². The van der Waals surface area contributed by atoms with E-state index in [-0.39, 0.29) is 23.9 Å². The van der Waals surface area contributed by atoms with Gasteiger partial charge in [0.2, 0.25) is 0 Å². The Morgan fingerprint density at radius 3 is 2.15 bits per heavy atom. The molecule has 0 aromatic carbocycles. The number of carbonyl (C=O) groups is 2. The van der Waals surface area contributed by atoms with E-state index in [2.05, 4.69) is 0 Å². The summed E-state index contributed by atoms with van der Waals surface area (Å²) in [4.78, 5) is 25.7. The number of aliphatic hydroxyl groups excluding tert-OH is 1. The first-order valence-corrected chi connectivity index (χ1v) is 9.19. The summed E-state index contributed by atoms with van der Waals surface area (Å²) in [5.74, 6) is -3.02. The van der Waals surface area contributed by atoms with Gasteiger partial charge in [-0.05, 0) is 27.7 Å². The summed E-state index contributed by atoms with van der Waals surface area (Å²) in [7, 11) is 0. The first-order valence-electron chi connectivity index (χ1n) is 9.19. The summed E-state index contributed by atoms with van der Waals surface area (Å²) in [6.45, 7) is 6.93. The van der Waals surface area contributed by atoms with Crippen LogP contribution >= 0.6 is 0 Å². The topological polar surface area (TPSA) is 101 Å². The van der Waals surface area contributed by atoms with Crippen LogP contribution in [0, 0.1) is 11.8 Å². The monoisotopic (exact) mass is 368 g/mol. The smallest absolute Gasteiger partial charge is 0.170 e. The molecule has 0 amide bonds. The lowest BCUT2D eigenvalue weighted by molar-refractivity contribution is -0.178. The second-order valence-corrected chi connectivity index (χ2v) is 8.86. The van der Waals surface area contributed by atoms with Crippen molar-refractivity contribution in [3.8, 4) is 0 Å². The van der Waals surface area contributed by atoms with Crippen molar-refractivity contribution in [3.63, 3.8) is 0 Å². The van der Waals surface area contributed by atoms with Crippen molar-refractivity contribution in [1.29, 1.82) is 0 Å². The van der Waals surface area contributed by atoms with E-state index in [0.29, 0.717) is 0 Å². The van der Waals surface area contributed by atoms with Crippen molar-refractivity contribution in [1.82, 2.24) is 0 Å². The Morgan fingerprint density at radius 1 is 0.846 bits per heavy atom. The molecule has 1 N–H and O–H groups in total. The van der Waals surface area contributed by atoms with E-state index in [1.807, 2.05) is 0 Å². The summed E-state index contributed by atoms with van der Waals surface area (Å²) in [5, 5.41) is 10.8. The third-order valence-corrected chi connectivity index (χ3v) is 6.17. The van der Waals surface area contributed by atoms with Crippen molar-refractivity contribution >= 4 is 11.6 Å². The molecule has 5 fully saturated rings. The molecule has 26 heavy (non-hydrogen) atoms. The van der Waals surface area contributed by atoms with Gasteiger partial charge in [-0.1, -0.05) is 0 Å². The molecule has 0 bridgehead atoms. The molecule has 5 aliphatic rings. The third kappa shape index (κ3) is 2.23. The zero-order valence-electron chi connectivity index (χ0n) is 15.2. The van der Waals surface area contributed by atoms with Gasteiger partial charge in [-0.25, -0.2) is 0 Å². The van der Waals surface area contributed by atoms with Gasteiger partial charge in [-0.15, -0.1) is 0 Å². The lowest BCUT2D eigenvalue weighted by Gasteiger charge is -2.36. The number of carbonyl (C=O) groups excluding carboxylic acids is 2. The summed E-state index contributed by atoms with van der Waals surface area (Å²) in [5.41, 5.74) is 0. The highest BCUT2D eigenvalue weighted by atomic mass is 16.8. The van der Waals surface area contributed by atoms with Gasteiger partial charge in [0.1, 0.15) is 30.5 Å². The maximum absolute atomic E-state index is 13.1. The molecule has 3 saturated heterocycles. The molecule has 2 aliphatic carbocycles. The molecule has 0 aromatic rings. The van der Waals surface area contributed by atoms with Crippen LogP contribution in [-0.2, 0) is 33.3 Å². The Balaban J connectivity index is 1.48. The van der Waals surface area contributed by atoms with Crippen LogP contribution in [0.25, 0.3) is 0 Å². The van der Waals surface area contributed by atoms with E-state index in [0.717, 1.165) is 0 Å². The average Bonchev–Trinajstić information content (AvgIpc) is 3.16. The van der Waals surface area contributed by atoms with Crippen LogP contribution in [0.4, 0.5) is 0 Å². The second kappa shape index (κ2) is 5.12. The van der Waals surface area contributed by atoms with Crippen molar-refractivity contribution < 1.29 is 38.4 Å². The molecule has 2 saturated carbocycles. The van der Waals surface area contributed by atoms with Gasteiger partial charge in [0.25, 0.3) is 0 Å². The SMILES string of the molecule is CC1(C)O[C@H]2[C@H](O)[C@H]3O[C@@H]4[C@@H](CC(=O)[C@H]5OC(C)(C)O[C@@H]45)[C@H]3C(=O)[C@H]2O1. The molecule has 9 atom stereocenters. The lowest BCUT2D eigenvalue weighted by Crippen LogP contribution is -2.58. The number of ether oxygens (including phenoxy) is 5. The van der Waals surface area contributed by atoms with Gasteiger partial charge in [0, 0.05) is 12.3 Å². The zero-order chi connectivity index (χ0) is 18.6. The van der Waals surface area contributed by atoms with Gasteiger partial charge >= 0.3 is 0 Å². The number of ketones is 2. The third-order valence-electron chi connectivity index (χ3n) is 6.17. The number of hydrogen-bond acceptors (Lipinski definition) is 8. The number of rotatable bonds is 0. The fraction of sp³-hybridized carbons (Fsp3) is 0.889. The standard InChI is InChI=1S/C18H24O8/c1-17(2)23-12-7(19)5-6-8-9(20)14-15(25-18(3,4)24-14)10(21)13(8)22-11(6)16(12)26-17/h6,8,10-16,21H,5H2,1-4H3/t6-,8-,10+,11+,12+,13-,14+,15-,16-/m0/s1. The van der Waals surface area contributed by atoms with Crippen LogP contribution in [0.1, 0.15) is 34.1 Å². The van der Waals surface area contributed by atoms with E-state index < -0.39 is 60.2 Å². The van der Waals surface area contributed by atoms with Crippen LogP contribution in [0.2, 0.25) is 0 Å². The normalized spacial score (nSPS) is 53.8. The fourth-order valence-electron chi connectivity index (χ4n) is 5.31. The number of aliphatic hydroxyl groups is 1. The van der Waals surface area contributed by atoms with E-state index in [1.165, 1.54) is 0 Å². The number of Topliss-reactive ketones (excluding diaryl/α,β-unsaturated/α-hetero) is 2. The van der Waals surface area contributed by atoms with Crippen LogP contribution in [0.15, 0.2) is 0 Å². The first kappa shape index (κ1) is 17.2.